The maximum absolute atomic E-state index is 2.36. The Morgan fingerprint density at radius 1 is 0.842 bits per heavy atom. The zero-order valence-corrected chi connectivity index (χ0v) is 13.0. The summed E-state index contributed by atoms with van der Waals surface area (Å²) < 4.78 is 0.0499. The number of allylic oxidation sites excluding steroid dienone is 8. The molecule has 0 fully saturated rings. The van der Waals surface area contributed by atoms with E-state index < -0.39 is 0 Å². The van der Waals surface area contributed by atoms with Crippen LogP contribution in [0, 0.1) is 0 Å². The number of benzene rings is 1. The van der Waals surface area contributed by atoms with Crippen LogP contribution in [0.4, 0.5) is 0 Å². The van der Waals surface area contributed by atoms with Gasteiger partial charge in [-0.3, -0.25) is 0 Å². The Balaban J connectivity index is 0.00000133. The minimum atomic E-state index is 0. The van der Waals surface area contributed by atoms with Crippen LogP contribution in [0.2, 0.25) is 0 Å². The fourth-order valence-electron chi connectivity index (χ4n) is 2.72. The van der Waals surface area contributed by atoms with Crippen molar-refractivity contribution in [3.63, 3.8) is 0 Å². The number of hydrogen-bond donors (Lipinski definition) is 0. The third-order valence-corrected chi connectivity index (χ3v) is 5.17. The molecule has 0 heterocycles. The predicted octanol–water partition coefficient (Wildman–Crippen LogP) is 1.21. The molecular formula is C17H15ClTi. The van der Waals surface area contributed by atoms with Crippen LogP contribution in [0.5, 0.6) is 0 Å². The Labute approximate surface area is 132 Å². The molecule has 0 saturated carbocycles. The van der Waals surface area contributed by atoms with Gasteiger partial charge < -0.3 is 12.4 Å². The summed E-state index contributed by atoms with van der Waals surface area (Å²) in [7, 11) is 0. The summed E-state index contributed by atoms with van der Waals surface area (Å²) in [5, 5.41) is 0. The molecule has 0 saturated heterocycles. The summed E-state index contributed by atoms with van der Waals surface area (Å²) in [5.74, 6) is 0. The van der Waals surface area contributed by atoms with Gasteiger partial charge >= 0.3 is 120 Å². The van der Waals surface area contributed by atoms with E-state index in [2.05, 4.69) is 87.2 Å². The van der Waals surface area contributed by atoms with Gasteiger partial charge in [0.25, 0.3) is 0 Å². The van der Waals surface area contributed by atoms with Crippen LogP contribution in [0.15, 0.2) is 77.9 Å². The summed E-state index contributed by atoms with van der Waals surface area (Å²) in [6.07, 6.45) is 15.6. The molecule has 0 radical (unpaired) electrons. The maximum atomic E-state index is 2.36. The molecule has 2 aliphatic rings. The van der Waals surface area contributed by atoms with Gasteiger partial charge in [0.05, 0.1) is 0 Å². The van der Waals surface area contributed by atoms with Crippen LogP contribution in [-0.2, 0) is 24.2 Å². The van der Waals surface area contributed by atoms with Gasteiger partial charge in [-0.1, -0.05) is 0 Å². The molecule has 2 heteroatoms. The van der Waals surface area contributed by atoms with Gasteiger partial charge in [-0.05, 0) is 0 Å². The van der Waals surface area contributed by atoms with Gasteiger partial charge in [-0.15, -0.1) is 0 Å². The second-order valence-corrected chi connectivity index (χ2v) is 5.94. The Kier molecular flexibility index (Phi) is 4.68. The molecule has 0 bridgehead atoms. The minimum absolute atomic E-state index is 0. The van der Waals surface area contributed by atoms with Crippen molar-refractivity contribution in [2.24, 2.45) is 0 Å². The van der Waals surface area contributed by atoms with E-state index in [0.717, 1.165) is 12.8 Å². The first kappa shape index (κ1) is 14.6. The van der Waals surface area contributed by atoms with Crippen molar-refractivity contribution in [2.45, 2.75) is 16.6 Å². The van der Waals surface area contributed by atoms with Crippen molar-refractivity contribution in [2.75, 3.05) is 0 Å². The molecule has 0 amide bonds. The van der Waals surface area contributed by atoms with Crippen molar-refractivity contribution in [1.29, 1.82) is 0 Å². The Bertz CT molecular complexity index is 534. The molecule has 0 aromatic heterocycles. The average Bonchev–Trinajstić information content (AvgIpc) is 3.12. The Morgan fingerprint density at radius 2 is 1.37 bits per heavy atom. The first-order valence-corrected chi connectivity index (χ1v) is 7.13. The first-order chi connectivity index (χ1) is 8.82. The summed E-state index contributed by atoms with van der Waals surface area (Å²) >= 11 is 2.36. The summed E-state index contributed by atoms with van der Waals surface area (Å²) in [4.78, 5) is 0. The van der Waals surface area contributed by atoms with Crippen LogP contribution in [0.1, 0.15) is 18.4 Å². The molecule has 19 heavy (non-hydrogen) atoms. The molecule has 0 nitrogen and oxygen atoms in total. The number of rotatable bonds is 3. The van der Waals surface area contributed by atoms with Gasteiger partial charge in [-0.25, -0.2) is 0 Å². The molecule has 0 aliphatic heterocycles. The molecule has 2 aliphatic carbocycles. The van der Waals surface area contributed by atoms with E-state index in [0.29, 0.717) is 0 Å². The summed E-state index contributed by atoms with van der Waals surface area (Å²) in [6.45, 7) is 0. The molecule has 3 rings (SSSR count). The van der Waals surface area contributed by atoms with Gasteiger partial charge in [-0.2, -0.15) is 0 Å². The van der Waals surface area contributed by atoms with Crippen molar-refractivity contribution >= 4 is 0 Å². The topological polar surface area (TPSA) is 0 Å². The van der Waals surface area contributed by atoms with Crippen LogP contribution in [0.3, 0.4) is 0 Å². The zero-order chi connectivity index (χ0) is 12.4. The molecular weight excluding hydrogens is 288 g/mol. The molecule has 0 N–H and O–H groups in total. The SMILES string of the molecule is [Cl-].[Ti+][C](C1=CC=CC1)(C1=CC=CC1)c1ccccc1. The van der Waals surface area contributed by atoms with Crippen molar-refractivity contribution in [3.05, 3.63) is 83.5 Å². The standard InChI is InChI=1S/C17H15.ClH.Ti/c1-2-8-14(9-3-1)17(15-10-4-5-11-15)16-12-6-7-13-16;;/h1-10,12H,11,13H2;1H;/q;;+1/p-1. The van der Waals surface area contributed by atoms with E-state index in [1.807, 2.05) is 0 Å². The third kappa shape index (κ3) is 2.58. The molecule has 0 spiro atoms. The summed E-state index contributed by atoms with van der Waals surface area (Å²) in [6, 6.07) is 10.9. The average molecular weight is 303 g/mol. The second kappa shape index (κ2) is 6.09. The second-order valence-electron chi connectivity index (χ2n) is 4.76. The Morgan fingerprint density at radius 3 is 1.79 bits per heavy atom. The first-order valence-electron chi connectivity index (χ1n) is 6.34. The van der Waals surface area contributed by atoms with E-state index >= 15 is 0 Å². The van der Waals surface area contributed by atoms with Gasteiger partial charge in [0.1, 0.15) is 0 Å². The Hall–Kier alpha value is -0.816. The van der Waals surface area contributed by atoms with Gasteiger partial charge in [0.15, 0.2) is 0 Å². The quantitative estimate of drug-likeness (QED) is 0.736. The van der Waals surface area contributed by atoms with E-state index in [4.69, 9.17) is 0 Å². The van der Waals surface area contributed by atoms with E-state index in [-0.39, 0.29) is 16.1 Å². The molecule has 94 valence electrons. The molecule has 1 aromatic carbocycles. The molecule has 0 atom stereocenters. The number of halogens is 1. The van der Waals surface area contributed by atoms with Crippen molar-refractivity contribution in [1.82, 2.24) is 0 Å². The normalized spacial score (nSPS) is 17.0. The third-order valence-electron chi connectivity index (χ3n) is 3.71. The molecule has 1 aromatic rings. The number of hydrogen-bond acceptors (Lipinski definition) is 0. The van der Waals surface area contributed by atoms with E-state index in [1.165, 1.54) is 16.7 Å². The van der Waals surface area contributed by atoms with Gasteiger partial charge in [0.2, 0.25) is 0 Å². The van der Waals surface area contributed by atoms with Crippen molar-refractivity contribution in [3.8, 4) is 0 Å². The molecule has 0 unspecified atom stereocenters. The monoisotopic (exact) mass is 302 g/mol. The van der Waals surface area contributed by atoms with E-state index in [1.54, 1.807) is 0 Å². The van der Waals surface area contributed by atoms with Crippen LogP contribution in [0.25, 0.3) is 0 Å². The van der Waals surface area contributed by atoms with E-state index in [9.17, 15) is 0 Å². The predicted molar refractivity (Wildman–Crippen MR) is 71.8 cm³/mol. The fraction of sp³-hybridized carbons (Fsp3) is 0.176. The van der Waals surface area contributed by atoms with Crippen molar-refractivity contribution < 1.29 is 32.8 Å². The van der Waals surface area contributed by atoms with Crippen LogP contribution < -0.4 is 12.4 Å². The van der Waals surface area contributed by atoms with Crippen LogP contribution in [-0.4, -0.2) is 0 Å². The summed E-state index contributed by atoms with van der Waals surface area (Å²) in [5.41, 5.74) is 4.40. The van der Waals surface area contributed by atoms with Gasteiger partial charge in [0, 0.05) is 0 Å². The fourth-order valence-corrected chi connectivity index (χ4v) is 3.56. The zero-order valence-electron chi connectivity index (χ0n) is 10.6. The van der Waals surface area contributed by atoms with Crippen LogP contribution >= 0.6 is 0 Å².